The van der Waals surface area contributed by atoms with Crippen LogP contribution >= 0.6 is 23.8 Å². The molecule has 2 N–H and O–H groups in total. The van der Waals surface area contributed by atoms with Gasteiger partial charge in [-0.1, -0.05) is 42.4 Å². The number of hydrogen-bond donors (Lipinski definition) is 1. The highest BCUT2D eigenvalue weighted by Gasteiger charge is 2.25. The van der Waals surface area contributed by atoms with E-state index in [1.807, 2.05) is 0 Å². The van der Waals surface area contributed by atoms with E-state index in [2.05, 4.69) is 4.90 Å². The lowest BCUT2D eigenvalue weighted by Gasteiger charge is -2.35. The minimum atomic E-state index is -0.341. The summed E-state index contributed by atoms with van der Waals surface area (Å²) in [6, 6.07) is 5.15. The summed E-state index contributed by atoms with van der Waals surface area (Å²) in [5, 5.41) is 0.163. The first-order valence-corrected chi connectivity index (χ1v) is 6.84. The number of piperidine rings is 1. The van der Waals surface area contributed by atoms with Crippen molar-refractivity contribution < 1.29 is 4.39 Å². The van der Waals surface area contributed by atoms with Crippen molar-refractivity contribution in [3.05, 3.63) is 34.6 Å². The van der Waals surface area contributed by atoms with Crippen LogP contribution in [-0.2, 0) is 6.54 Å². The second kappa shape index (κ2) is 5.95. The molecule has 1 fully saturated rings. The van der Waals surface area contributed by atoms with E-state index >= 15 is 0 Å². The molecule has 0 bridgehead atoms. The molecule has 0 spiro atoms. The van der Waals surface area contributed by atoms with Gasteiger partial charge in [0.25, 0.3) is 0 Å². The van der Waals surface area contributed by atoms with Crippen LogP contribution in [0.25, 0.3) is 0 Å². The summed E-state index contributed by atoms with van der Waals surface area (Å²) in [5.41, 5.74) is 6.35. The van der Waals surface area contributed by atoms with E-state index in [0.717, 1.165) is 25.8 Å². The zero-order valence-corrected chi connectivity index (χ0v) is 11.6. The molecule has 2 nitrogen and oxygen atoms in total. The van der Waals surface area contributed by atoms with Gasteiger partial charge in [-0.05, 0) is 25.5 Å². The second-order valence-electron chi connectivity index (χ2n) is 4.60. The summed E-state index contributed by atoms with van der Waals surface area (Å²) in [5.74, 6) is -0.341. The number of halogens is 2. The molecular weight excluding hydrogens is 271 g/mol. The first-order valence-electron chi connectivity index (χ1n) is 6.06. The molecular formula is C13H16ClFN2S. The van der Waals surface area contributed by atoms with Crippen LogP contribution in [0.1, 0.15) is 24.8 Å². The van der Waals surface area contributed by atoms with Gasteiger partial charge in [-0.15, -0.1) is 0 Å². The zero-order valence-electron chi connectivity index (χ0n) is 10.0. The van der Waals surface area contributed by atoms with E-state index < -0.39 is 0 Å². The molecule has 1 aliphatic heterocycles. The number of likely N-dealkylation sites (tertiary alicyclic amines) is 1. The van der Waals surface area contributed by atoms with Crippen LogP contribution in [0.5, 0.6) is 0 Å². The van der Waals surface area contributed by atoms with Gasteiger partial charge in [0.15, 0.2) is 0 Å². The van der Waals surface area contributed by atoms with Gasteiger partial charge in [0.05, 0.1) is 16.1 Å². The Labute approximate surface area is 117 Å². The Morgan fingerprint density at radius 1 is 1.50 bits per heavy atom. The van der Waals surface area contributed by atoms with E-state index in [-0.39, 0.29) is 16.9 Å². The number of hydrogen-bond acceptors (Lipinski definition) is 2. The third-order valence-electron chi connectivity index (χ3n) is 3.35. The molecule has 18 heavy (non-hydrogen) atoms. The topological polar surface area (TPSA) is 29.3 Å². The van der Waals surface area contributed by atoms with Crippen LogP contribution in [0, 0.1) is 5.82 Å². The average Bonchev–Trinajstić information content (AvgIpc) is 2.35. The Bertz CT molecular complexity index is 453. The van der Waals surface area contributed by atoms with E-state index in [1.54, 1.807) is 18.2 Å². The van der Waals surface area contributed by atoms with Crippen molar-refractivity contribution in [2.24, 2.45) is 5.73 Å². The number of nitrogens with zero attached hydrogens (tertiary/aromatic N) is 1. The predicted molar refractivity (Wildman–Crippen MR) is 76.2 cm³/mol. The Balaban J connectivity index is 2.16. The van der Waals surface area contributed by atoms with Crippen molar-refractivity contribution in [3.8, 4) is 0 Å². The molecule has 5 heteroatoms. The van der Waals surface area contributed by atoms with Crippen LogP contribution in [0.3, 0.4) is 0 Å². The Morgan fingerprint density at radius 2 is 2.28 bits per heavy atom. The fraction of sp³-hybridized carbons (Fsp3) is 0.462. The van der Waals surface area contributed by atoms with Crippen molar-refractivity contribution in [1.29, 1.82) is 0 Å². The van der Waals surface area contributed by atoms with Crippen LogP contribution in [0.15, 0.2) is 18.2 Å². The molecule has 2 rings (SSSR count). The van der Waals surface area contributed by atoms with Crippen LogP contribution < -0.4 is 5.73 Å². The summed E-state index contributed by atoms with van der Waals surface area (Å²) >= 11 is 10.9. The van der Waals surface area contributed by atoms with Gasteiger partial charge in [0, 0.05) is 12.1 Å². The molecule has 0 amide bonds. The number of nitrogens with two attached hydrogens (primary N) is 1. The van der Waals surface area contributed by atoms with Crippen molar-refractivity contribution >= 4 is 28.8 Å². The summed E-state index contributed by atoms with van der Waals surface area (Å²) in [6.45, 7) is 1.41. The van der Waals surface area contributed by atoms with Gasteiger partial charge in [-0.3, -0.25) is 4.90 Å². The van der Waals surface area contributed by atoms with Crippen LogP contribution in [0.2, 0.25) is 5.02 Å². The summed E-state index contributed by atoms with van der Waals surface area (Å²) in [4.78, 5) is 2.64. The van der Waals surface area contributed by atoms with Gasteiger partial charge >= 0.3 is 0 Å². The molecule has 0 radical (unpaired) electrons. The highest BCUT2D eigenvalue weighted by molar-refractivity contribution is 7.80. The molecule has 0 saturated carbocycles. The summed E-state index contributed by atoms with van der Waals surface area (Å²) in [7, 11) is 0. The monoisotopic (exact) mass is 286 g/mol. The summed E-state index contributed by atoms with van der Waals surface area (Å²) in [6.07, 6.45) is 3.18. The Morgan fingerprint density at radius 3 is 3.00 bits per heavy atom. The third-order valence-corrected chi connectivity index (χ3v) is 3.91. The molecule has 1 heterocycles. The van der Waals surface area contributed by atoms with Crippen LogP contribution in [-0.4, -0.2) is 22.5 Å². The largest absolute Gasteiger partial charge is 0.392 e. The first kappa shape index (κ1) is 13.7. The average molecular weight is 287 g/mol. The van der Waals surface area contributed by atoms with Gasteiger partial charge in [-0.2, -0.15) is 0 Å². The van der Waals surface area contributed by atoms with Crippen molar-refractivity contribution in [2.45, 2.75) is 31.8 Å². The van der Waals surface area contributed by atoms with Crippen LogP contribution in [0.4, 0.5) is 4.39 Å². The quantitative estimate of drug-likeness (QED) is 0.866. The van der Waals surface area contributed by atoms with Gasteiger partial charge in [0.2, 0.25) is 0 Å². The van der Waals surface area contributed by atoms with Crippen molar-refractivity contribution in [3.63, 3.8) is 0 Å². The van der Waals surface area contributed by atoms with E-state index in [4.69, 9.17) is 29.6 Å². The third kappa shape index (κ3) is 2.99. The number of benzene rings is 1. The maximum Gasteiger partial charge on any atom is 0.146 e. The highest BCUT2D eigenvalue weighted by Crippen LogP contribution is 2.23. The van der Waals surface area contributed by atoms with Gasteiger partial charge in [0.1, 0.15) is 5.82 Å². The maximum absolute atomic E-state index is 13.9. The Kier molecular flexibility index (Phi) is 4.54. The van der Waals surface area contributed by atoms with Crippen molar-refractivity contribution in [1.82, 2.24) is 4.90 Å². The van der Waals surface area contributed by atoms with E-state index in [0.29, 0.717) is 17.1 Å². The minimum Gasteiger partial charge on any atom is -0.392 e. The molecule has 0 aromatic heterocycles. The van der Waals surface area contributed by atoms with E-state index in [1.165, 1.54) is 0 Å². The molecule has 1 aromatic carbocycles. The molecule has 1 unspecified atom stereocenters. The molecule has 0 aliphatic carbocycles. The fourth-order valence-corrected chi connectivity index (χ4v) is 2.85. The van der Waals surface area contributed by atoms with Gasteiger partial charge in [-0.25, -0.2) is 4.39 Å². The van der Waals surface area contributed by atoms with E-state index in [9.17, 15) is 4.39 Å². The lowest BCUT2D eigenvalue weighted by Crippen LogP contribution is -2.46. The minimum absolute atomic E-state index is 0.0760. The molecule has 1 atom stereocenters. The van der Waals surface area contributed by atoms with Gasteiger partial charge < -0.3 is 5.73 Å². The number of thiocarbonyl (C=S) groups is 1. The maximum atomic E-state index is 13.9. The Hall–Kier alpha value is -0.710. The fourth-order valence-electron chi connectivity index (χ4n) is 2.39. The summed E-state index contributed by atoms with van der Waals surface area (Å²) < 4.78 is 13.9. The van der Waals surface area contributed by atoms with Crippen molar-refractivity contribution in [2.75, 3.05) is 6.54 Å². The second-order valence-corrected chi connectivity index (χ2v) is 5.48. The molecule has 1 aromatic rings. The lowest BCUT2D eigenvalue weighted by atomic mass is 10.0. The smallest absolute Gasteiger partial charge is 0.146 e. The molecule has 1 aliphatic rings. The first-order chi connectivity index (χ1) is 8.59. The predicted octanol–water partition coefficient (Wildman–Crippen LogP) is 3.12. The standard InChI is InChI=1S/C13H16ClFN2S/c14-10-5-3-4-9(12(10)15)8-17-7-2-1-6-11(17)13(16)18/h3-5,11H,1-2,6-8H2,(H2,16,18). The normalized spacial score (nSPS) is 20.9. The molecule has 1 saturated heterocycles. The molecule has 98 valence electrons. The zero-order chi connectivity index (χ0) is 13.1. The highest BCUT2D eigenvalue weighted by atomic mass is 35.5. The number of rotatable bonds is 3. The lowest BCUT2D eigenvalue weighted by molar-refractivity contribution is 0.182. The SMILES string of the molecule is NC(=S)C1CCCCN1Cc1cccc(Cl)c1F.